The minimum atomic E-state index is 0.801. The molecule has 0 N–H and O–H groups in total. The fourth-order valence-corrected chi connectivity index (χ4v) is 2.85. The van der Waals surface area contributed by atoms with Gasteiger partial charge in [-0.15, -0.1) is 0 Å². The van der Waals surface area contributed by atoms with E-state index in [1.807, 2.05) is 0 Å². The number of halogens is 1. The van der Waals surface area contributed by atoms with Crippen LogP contribution in [0.3, 0.4) is 0 Å². The van der Waals surface area contributed by atoms with Gasteiger partial charge in [0.1, 0.15) is 0 Å². The number of alkyl halides is 1. The fourth-order valence-electron chi connectivity index (χ4n) is 2.15. The van der Waals surface area contributed by atoms with Crippen LogP contribution in [0.25, 0.3) is 0 Å². The lowest BCUT2D eigenvalue weighted by Crippen LogP contribution is -2.11. The van der Waals surface area contributed by atoms with Crippen molar-refractivity contribution < 1.29 is 0 Å². The van der Waals surface area contributed by atoms with E-state index in [2.05, 4.69) is 36.7 Å². The van der Waals surface area contributed by atoms with Gasteiger partial charge in [-0.25, -0.2) is 0 Å². The molecule has 1 heteroatoms. The lowest BCUT2D eigenvalue weighted by atomic mass is 9.90. The van der Waals surface area contributed by atoms with Crippen LogP contribution in [0.2, 0.25) is 0 Å². The predicted molar refractivity (Wildman–Crippen MR) is 58.7 cm³/mol. The normalized spacial score (nSPS) is 36.2. The summed E-state index contributed by atoms with van der Waals surface area (Å²) in [5, 5.41) is 0. The molecule has 0 heterocycles. The maximum Gasteiger partial charge on any atom is 0.0174 e. The van der Waals surface area contributed by atoms with E-state index >= 15 is 0 Å². The van der Waals surface area contributed by atoms with Gasteiger partial charge in [-0.3, -0.25) is 0 Å². The zero-order valence-electron chi connectivity index (χ0n) is 8.52. The molecule has 3 atom stereocenters. The third kappa shape index (κ3) is 2.76. The first-order chi connectivity index (χ1) is 5.61. The van der Waals surface area contributed by atoms with Gasteiger partial charge in [0.05, 0.1) is 0 Å². The van der Waals surface area contributed by atoms with Crippen LogP contribution < -0.4 is 0 Å². The van der Waals surface area contributed by atoms with Crippen LogP contribution >= 0.6 is 15.9 Å². The third-order valence-corrected chi connectivity index (χ3v) is 4.53. The molecule has 1 saturated carbocycles. The Morgan fingerprint density at radius 3 is 2.42 bits per heavy atom. The first-order valence-corrected chi connectivity index (χ1v) is 6.17. The summed E-state index contributed by atoms with van der Waals surface area (Å²) in [7, 11) is 0. The molecule has 0 spiro atoms. The molecule has 0 nitrogen and oxygen atoms in total. The summed E-state index contributed by atoms with van der Waals surface area (Å²) in [5.74, 6) is 2.78. The molecular formula is C11H21Br. The lowest BCUT2D eigenvalue weighted by Gasteiger charge is -2.17. The summed E-state index contributed by atoms with van der Waals surface area (Å²) < 4.78 is 0. The maximum absolute atomic E-state index is 3.75. The molecule has 1 fully saturated rings. The van der Waals surface area contributed by atoms with Crippen LogP contribution in [0.5, 0.6) is 0 Å². The van der Waals surface area contributed by atoms with Gasteiger partial charge in [-0.1, -0.05) is 43.1 Å². The zero-order valence-corrected chi connectivity index (χ0v) is 10.1. The molecule has 0 saturated heterocycles. The summed E-state index contributed by atoms with van der Waals surface area (Å²) in [6.07, 6.45) is 5.70. The highest BCUT2D eigenvalue weighted by Crippen LogP contribution is 2.39. The second-order valence-electron chi connectivity index (χ2n) is 4.68. The number of rotatable bonds is 3. The minimum absolute atomic E-state index is 0.801. The Bertz CT molecular complexity index is 131. The minimum Gasteiger partial charge on any atom is -0.0888 e. The molecule has 0 amide bonds. The first kappa shape index (κ1) is 10.6. The van der Waals surface area contributed by atoms with Crippen molar-refractivity contribution in [2.75, 3.05) is 0 Å². The van der Waals surface area contributed by atoms with Gasteiger partial charge in [0.15, 0.2) is 0 Å². The van der Waals surface area contributed by atoms with E-state index in [0.717, 1.165) is 22.6 Å². The molecule has 0 aromatic rings. The average molecular weight is 233 g/mol. The molecule has 0 aliphatic heterocycles. The first-order valence-electron chi connectivity index (χ1n) is 5.25. The SMILES string of the molecule is CC(C)CCC1CCC(Br)C1C. The van der Waals surface area contributed by atoms with Crippen molar-refractivity contribution in [2.45, 2.75) is 51.3 Å². The van der Waals surface area contributed by atoms with Crippen molar-refractivity contribution in [3.63, 3.8) is 0 Å². The van der Waals surface area contributed by atoms with Crippen LogP contribution in [0.4, 0.5) is 0 Å². The van der Waals surface area contributed by atoms with Crippen molar-refractivity contribution in [1.29, 1.82) is 0 Å². The summed E-state index contributed by atoms with van der Waals surface area (Å²) in [6.45, 7) is 7.05. The van der Waals surface area contributed by atoms with Gasteiger partial charge in [0, 0.05) is 4.83 Å². The molecule has 1 rings (SSSR count). The Morgan fingerprint density at radius 1 is 1.33 bits per heavy atom. The summed E-state index contributed by atoms with van der Waals surface area (Å²) >= 11 is 3.75. The molecule has 1 aliphatic rings. The van der Waals surface area contributed by atoms with Crippen LogP contribution in [0, 0.1) is 17.8 Å². The summed E-state index contributed by atoms with van der Waals surface area (Å²) in [6, 6.07) is 0. The van der Waals surface area contributed by atoms with Crippen molar-refractivity contribution in [2.24, 2.45) is 17.8 Å². The molecule has 0 radical (unpaired) electrons. The molecule has 1 aliphatic carbocycles. The number of hydrogen-bond donors (Lipinski definition) is 0. The highest BCUT2D eigenvalue weighted by Gasteiger charge is 2.30. The molecule has 12 heavy (non-hydrogen) atoms. The fraction of sp³-hybridized carbons (Fsp3) is 1.00. The van der Waals surface area contributed by atoms with Gasteiger partial charge in [-0.2, -0.15) is 0 Å². The monoisotopic (exact) mass is 232 g/mol. The summed E-state index contributed by atoms with van der Waals surface area (Å²) in [4.78, 5) is 0.801. The Balaban J connectivity index is 2.24. The van der Waals surface area contributed by atoms with Crippen LogP contribution in [0.15, 0.2) is 0 Å². The van der Waals surface area contributed by atoms with E-state index in [4.69, 9.17) is 0 Å². The van der Waals surface area contributed by atoms with E-state index in [1.54, 1.807) is 0 Å². The number of hydrogen-bond acceptors (Lipinski definition) is 0. The van der Waals surface area contributed by atoms with Gasteiger partial charge >= 0.3 is 0 Å². The van der Waals surface area contributed by atoms with E-state index < -0.39 is 0 Å². The molecule has 0 aromatic heterocycles. The van der Waals surface area contributed by atoms with Gasteiger partial charge in [0.25, 0.3) is 0 Å². The standard InChI is InChI=1S/C11H21Br/c1-8(2)4-5-10-6-7-11(12)9(10)3/h8-11H,4-7H2,1-3H3. The molecule has 72 valence electrons. The largest absolute Gasteiger partial charge is 0.0888 e. The average Bonchev–Trinajstić information content (AvgIpc) is 2.30. The zero-order chi connectivity index (χ0) is 9.14. The second-order valence-corrected chi connectivity index (χ2v) is 5.86. The topological polar surface area (TPSA) is 0 Å². The third-order valence-electron chi connectivity index (χ3n) is 3.24. The Kier molecular flexibility index (Phi) is 4.09. The van der Waals surface area contributed by atoms with Gasteiger partial charge in [-0.05, 0) is 37.0 Å². The smallest absolute Gasteiger partial charge is 0.0174 e. The predicted octanol–water partition coefficient (Wildman–Crippen LogP) is 4.23. The van der Waals surface area contributed by atoms with Gasteiger partial charge in [0.2, 0.25) is 0 Å². The van der Waals surface area contributed by atoms with E-state index in [1.165, 1.54) is 25.7 Å². The summed E-state index contributed by atoms with van der Waals surface area (Å²) in [5.41, 5.74) is 0. The molecule has 3 unspecified atom stereocenters. The molecule has 0 aromatic carbocycles. The van der Waals surface area contributed by atoms with Crippen molar-refractivity contribution in [3.05, 3.63) is 0 Å². The Morgan fingerprint density at radius 2 is 2.00 bits per heavy atom. The van der Waals surface area contributed by atoms with Gasteiger partial charge < -0.3 is 0 Å². The van der Waals surface area contributed by atoms with E-state index in [-0.39, 0.29) is 0 Å². The second kappa shape index (κ2) is 4.64. The maximum atomic E-state index is 3.75. The molecule has 0 bridgehead atoms. The van der Waals surface area contributed by atoms with Crippen LogP contribution in [-0.4, -0.2) is 4.83 Å². The van der Waals surface area contributed by atoms with Crippen LogP contribution in [-0.2, 0) is 0 Å². The Hall–Kier alpha value is 0.480. The van der Waals surface area contributed by atoms with Crippen molar-refractivity contribution >= 4 is 15.9 Å². The quantitative estimate of drug-likeness (QED) is 0.640. The van der Waals surface area contributed by atoms with E-state index in [0.29, 0.717) is 0 Å². The van der Waals surface area contributed by atoms with Crippen molar-refractivity contribution in [1.82, 2.24) is 0 Å². The Labute approximate surface area is 85.3 Å². The molecular weight excluding hydrogens is 212 g/mol. The lowest BCUT2D eigenvalue weighted by molar-refractivity contribution is 0.361. The highest BCUT2D eigenvalue weighted by molar-refractivity contribution is 9.09. The van der Waals surface area contributed by atoms with E-state index in [9.17, 15) is 0 Å². The van der Waals surface area contributed by atoms with Crippen molar-refractivity contribution in [3.8, 4) is 0 Å². The van der Waals surface area contributed by atoms with Crippen LogP contribution in [0.1, 0.15) is 46.5 Å². The highest BCUT2D eigenvalue weighted by atomic mass is 79.9.